The van der Waals surface area contributed by atoms with Gasteiger partial charge >= 0.3 is 5.97 Å². The number of carboxylic acid groups (broad SMARTS) is 1. The average molecular weight is 507 g/mol. The lowest BCUT2D eigenvalue weighted by Gasteiger charge is -2.25. The first-order valence-electron chi connectivity index (χ1n) is 11.1. The lowest BCUT2D eigenvalue weighted by atomic mass is 10.1. The van der Waals surface area contributed by atoms with Crippen LogP contribution in [-0.2, 0) is 11.3 Å². The molecule has 186 valence electrons. The summed E-state index contributed by atoms with van der Waals surface area (Å²) in [4.78, 5) is 13.0. The summed E-state index contributed by atoms with van der Waals surface area (Å²) in [5.41, 5.74) is 2.18. The van der Waals surface area contributed by atoms with Crippen LogP contribution in [0.4, 0.5) is 17.1 Å². The van der Waals surface area contributed by atoms with Crippen LogP contribution < -0.4 is 18.7 Å². The molecule has 4 aromatic rings. The molecule has 0 fully saturated rings. The molecule has 0 amide bonds. The Bertz CT molecular complexity index is 1390. The minimum absolute atomic E-state index is 0.171. The van der Waals surface area contributed by atoms with Crippen LogP contribution in [0.1, 0.15) is 10.4 Å². The number of nitrogens with zero attached hydrogens (tertiary/aromatic N) is 2. The van der Waals surface area contributed by atoms with E-state index in [0.29, 0.717) is 22.9 Å². The van der Waals surface area contributed by atoms with Crippen molar-refractivity contribution in [2.24, 2.45) is 0 Å². The summed E-state index contributed by atoms with van der Waals surface area (Å²) < 4.78 is 35.9. The summed E-state index contributed by atoms with van der Waals surface area (Å²) in [6.45, 7) is 0.368. The molecule has 36 heavy (non-hydrogen) atoms. The second-order valence-corrected chi connectivity index (χ2v) is 8.89. The fourth-order valence-electron chi connectivity index (χ4n) is 3.89. The number of rotatable bonds is 10. The Kier molecular flexibility index (Phi) is 7.72. The first-order valence-corrected chi connectivity index (χ1v) is 12.2. The molecular formula is C27H26N2O6S. The topological polar surface area (TPSA) is 99.5 Å². The van der Waals surface area contributed by atoms with Gasteiger partial charge in [-0.1, -0.05) is 36.4 Å². The molecule has 0 bridgehead atoms. The van der Waals surface area contributed by atoms with E-state index >= 15 is 0 Å². The summed E-state index contributed by atoms with van der Waals surface area (Å²) in [6, 6.07) is 24.6. The van der Waals surface area contributed by atoms with Crippen LogP contribution in [0.2, 0.25) is 0 Å². The van der Waals surface area contributed by atoms with E-state index in [-0.39, 0.29) is 18.8 Å². The SMILES string of the molecule is CN(C)c1cccc2c(N(c3ccccc3OCCOc3ccc(C(=O)O)cc3)S(=O)O)cccc12. The van der Waals surface area contributed by atoms with Gasteiger partial charge < -0.3 is 19.5 Å². The van der Waals surface area contributed by atoms with Gasteiger partial charge in [-0.15, -0.1) is 0 Å². The number of para-hydroxylation sites is 2. The Morgan fingerprint density at radius 3 is 2.00 bits per heavy atom. The average Bonchev–Trinajstić information content (AvgIpc) is 2.87. The molecule has 0 saturated carbocycles. The zero-order valence-electron chi connectivity index (χ0n) is 19.8. The number of fused-ring (bicyclic) bond motifs is 1. The minimum Gasteiger partial charge on any atom is -0.490 e. The van der Waals surface area contributed by atoms with E-state index in [1.165, 1.54) is 16.4 Å². The van der Waals surface area contributed by atoms with Crippen molar-refractivity contribution in [3.8, 4) is 11.5 Å². The molecule has 2 N–H and O–H groups in total. The molecule has 8 nitrogen and oxygen atoms in total. The number of aromatic carboxylic acids is 1. The predicted octanol–water partition coefficient (Wildman–Crippen LogP) is 5.34. The number of ether oxygens (including phenoxy) is 2. The maximum Gasteiger partial charge on any atom is 0.335 e. The zero-order chi connectivity index (χ0) is 25.7. The van der Waals surface area contributed by atoms with Crippen LogP contribution in [0, 0.1) is 0 Å². The fourth-order valence-corrected chi connectivity index (χ4v) is 4.54. The van der Waals surface area contributed by atoms with Crippen LogP contribution in [0.5, 0.6) is 11.5 Å². The molecule has 1 unspecified atom stereocenters. The molecule has 0 aromatic heterocycles. The van der Waals surface area contributed by atoms with Gasteiger partial charge in [0, 0.05) is 30.6 Å². The van der Waals surface area contributed by atoms with Crippen LogP contribution in [0.15, 0.2) is 84.9 Å². The van der Waals surface area contributed by atoms with Crippen molar-refractivity contribution in [3.63, 3.8) is 0 Å². The van der Waals surface area contributed by atoms with Crippen molar-refractivity contribution in [1.29, 1.82) is 0 Å². The molecule has 4 aromatic carbocycles. The van der Waals surface area contributed by atoms with Crippen molar-refractivity contribution in [3.05, 3.63) is 90.5 Å². The van der Waals surface area contributed by atoms with Gasteiger partial charge in [0.2, 0.25) is 0 Å². The second-order valence-electron chi connectivity index (χ2n) is 8.06. The van der Waals surface area contributed by atoms with Crippen molar-refractivity contribution >= 4 is 45.1 Å². The van der Waals surface area contributed by atoms with Crippen molar-refractivity contribution in [2.75, 3.05) is 36.5 Å². The van der Waals surface area contributed by atoms with E-state index in [0.717, 1.165) is 16.5 Å². The molecule has 0 aliphatic carbocycles. The normalized spacial score (nSPS) is 11.6. The summed E-state index contributed by atoms with van der Waals surface area (Å²) in [5.74, 6) is -0.0654. The fraction of sp³-hybridized carbons (Fsp3) is 0.148. The lowest BCUT2D eigenvalue weighted by Crippen LogP contribution is -2.21. The third-order valence-corrected chi connectivity index (χ3v) is 6.23. The second kappa shape index (κ2) is 11.1. The van der Waals surface area contributed by atoms with Gasteiger partial charge in [-0.05, 0) is 48.5 Å². The summed E-state index contributed by atoms with van der Waals surface area (Å²) in [5, 5.41) is 10.8. The number of benzene rings is 4. The minimum atomic E-state index is -2.37. The molecular weight excluding hydrogens is 480 g/mol. The lowest BCUT2D eigenvalue weighted by molar-refractivity contribution is 0.0697. The largest absolute Gasteiger partial charge is 0.490 e. The molecule has 0 aliphatic heterocycles. The third kappa shape index (κ3) is 5.42. The van der Waals surface area contributed by atoms with Gasteiger partial charge in [0.1, 0.15) is 24.7 Å². The Morgan fingerprint density at radius 1 is 0.778 bits per heavy atom. The van der Waals surface area contributed by atoms with E-state index in [1.807, 2.05) is 49.3 Å². The number of anilines is 3. The number of carbonyl (C=O) groups is 1. The Hall–Kier alpha value is -4.08. The molecule has 0 spiro atoms. The van der Waals surface area contributed by atoms with E-state index in [4.69, 9.17) is 14.6 Å². The standard InChI is InChI=1S/C27H26N2O6S/c1-28(2)23-10-5-8-22-21(23)7-6-11-24(22)29(36(32)33)25-9-3-4-12-26(25)35-18-17-34-20-15-13-19(14-16-20)27(30)31/h3-16H,17-18H2,1-2H3,(H,30,31)(H,32,33). The quantitative estimate of drug-likeness (QED) is 0.221. The highest BCUT2D eigenvalue weighted by Gasteiger charge is 2.22. The molecule has 9 heteroatoms. The van der Waals surface area contributed by atoms with Crippen LogP contribution in [0.25, 0.3) is 10.8 Å². The predicted molar refractivity (Wildman–Crippen MR) is 142 cm³/mol. The van der Waals surface area contributed by atoms with E-state index in [9.17, 15) is 13.6 Å². The van der Waals surface area contributed by atoms with Crippen LogP contribution in [-0.4, -0.2) is 47.1 Å². The van der Waals surface area contributed by atoms with Crippen LogP contribution in [0.3, 0.4) is 0 Å². The van der Waals surface area contributed by atoms with E-state index in [2.05, 4.69) is 0 Å². The maximum atomic E-state index is 12.6. The maximum absolute atomic E-state index is 12.6. The summed E-state index contributed by atoms with van der Waals surface area (Å²) in [7, 11) is 3.91. The van der Waals surface area contributed by atoms with Crippen molar-refractivity contribution in [2.45, 2.75) is 0 Å². The molecule has 0 aliphatic rings. The van der Waals surface area contributed by atoms with Crippen molar-refractivity contribution < 1.29 is 28.1 Å². The molecule has 0 radical (unpaired) electrons. The molecule has 0 saturated heterocycles. The highest BCUT2D eigenvalue weighted by molar-refractivity contribution is 7.81. The number of hydrogen-bond donors (Lipinski definition) is 2. The highest BCUT2D eigenvalue weighted by atomic mass is 32.2. The number of hydrogen-bond acceptors (Lipinski definition) is 5. The van der Waals surface area contributed by atoms with Gasteiger partial charge in [-0.2, -0.15) is 0 Å². The van der Waals surface area contributed by atoms with Gasteiger partial charge in [-0.3, -0.25) is 4.55 Å². The highest BCUT2D eigenvalue weighted by Crippen LogP contribution is 2.40. The first-order chi connectivity index (χ1) is 17.4. The van der Waals surface area contributed by atoms with Gasteiger partial charge in [0.25, 0.3) is 11.3 Å². The Morgan fingerprint density at radius 2 is 1.36 bits per heavy atom. The molecule has 0 heterocycles. The smallest absolute Gasteiger partial charge is 0.335 e. The van der Waals surface area contributed by atoms with E-state index < -0.39 is 17.2 Å². The van der Waals surface area contributed by atoms with Gasteiger partial charge in [0.15, 0.2) is 0 Å². The first kappa shape index (κ1) is 25.0. The monoisotopic (exact) mass is 506 g/mol. The van der Waals surface area contributed by atoms with Gasteiger partial charge in [-0.25, -0.2) is 13.3 Å². The van der Waals surface area contributed by atoms with E-state index in [1.54, 1.807) is 42.5 Å². The molecule has 4 rings (SSSR count). The zero-order valence-corrected chi connectivity index (χ0v) is 20.6. The van der Waals surface area contributed by atoms with Gasteiger partial charge in [0.05, 0.1) is 16.9 Å². The summed E-state index contributed by atoms with van der Waals surface area (Å²) in [6.07, 6.45) is 0. The Labute approximate surface area is 211 Å². The Balaban J connectivity index is 1.57. The summed E-state index contributed by atoms with van der Waals surface area (Å²) >= 11 is -2.37. The number of carboxylic acids is 1. The van der Waals surface area contributed by atoms with Crippen molar-refractivity contribution in [1.82, 2.24) is 0 Å². The van der Waals surface area contributed by atoms with Crippen LogP contribution >= 0.6 is 0 Å². The molecule has 1 atom stereocenters. The third-order valence-electron chi connectivity index (χ3n) is 5.53.